The summed E-state index contributed by atoms with van der Waals surface area (Å²) in [6, 6.07) is 18.9. The fourth-order valence-electron chi connectivity index (χ4n) is 3.91. The van der Waals surface area contributed by atoms with Crippen molar-refractivity contribution in [3.63, 3.8) is 0 Å². The Balaban J connectivity index is 0.00000140. The SMILES string of the molecule is CN(C)CC1CCc2cc(OCc3ccc4ccccc4n3)ccc2C1.Cl.Cl. The van der Waals surface area contributed by atoms with Crippen LogP contribution in [0, 0.1) is 5.92 Å². The van der Waals surface area contributed by atoms with Crippen LogP contribution in [-0.2, 0) is 19.4 Å². The van der Waals surface area contributed by atoms with E-state index in [-0.39, 0.29) is 24.8 Å². The number of hydrogen-bond donors (Lipinski definition) is 0. The van der Waals surface area contributed by atoms with Gasteiger partial charge < -0.3 is 9.64 Å². The highest BCUT2D eigenvalue weighted by molar-refractivity contribution is 5.85. The van der Waals surface area contributed by atoms with Crippen molar-refractivity contribution in [3.8, 4) is 5.75 Å². The summed E-state index contributed by atoms with van der Waals surface area (Å²) in [6.07, 6.45) is 3.60. The average Bonchev–Trinajstić information content (AvgIpc) is 2.65. The molecule has 2 aromatic carbocycles. The van der Waals surface area contributed by atoms with E-state index in [9.17, 15) is 0 Å². The second-order valence-corrected chi connectivity index (χ2v) is 7.59. The molecule has 0 fully saturated rings. The molecule has 1 aliphatic carbocycles. The number of para-hydroxylation sites is 1. The summed E-state index contributed by atoms with van der Waals surface area (Å²) in [5.74, 6) is 1.72. The lowest BCUT2D eigenvalue weighted by Gasteiger charge is -2.27. The Kier molecular flexibility index (Phi) is 8.11. The Labute approximate surface area is 179 Å². The molecule has 0 radical (unpaired) electrons. The van der Waals surface area contributed by atoms with Crippen molar-refractivity contribution in [2.24, 2.45) is 5.92 Å². The fourth-order valence-corrected chi connectivity index (χ4v) is 3.91. The van der Waals surface area contributed by atoms with Gasteiger partial charge in [0.1, 0.15) is 12.4 Å². The second-order valence-electron chi connectivity index (χ2n) is 7.59. The van der Waals surface area contributed by atoms with E-state index in [1.807, 2.05) is 24.3 Å². The zero-order chi connectivity index (χ0) is 17.9. The Hall–Kier alpha value is -1.81. The third-order valence-corrected chi connectivity index (χ3v) is 5.17. The van der Waals surface area contributed by atoms with Crippen LogP contribution >= 0.6 is 24.8 Å². The number of fused-ring (bicyclic) bond motifs is 2. The summed E-state index contributed by atoms with van der Waals surface area (Å²) in [7, 11) is 4.32. The van der Waals surface area contributed by atoms with E-state index in [1.54, 1.807) is 0 Å². The molecule has 1 heterocycles. The number of pyridine rings is 1. The van der Waals surface area contributed by atoms with Gasteiger partial charge in [0.15, 0.2) is 0 Å². The van der Waals surface area contributed by atoms with Gasteiger partial charge >= 0.3 is 0 Å². The van der Waals surface area contributed by atoms with Gasteiger partial charge in [-0.25, -0.2) is 4.98 Å². The van der Waals surface area contributed by atoms with Crippen molar-refractivity contribution in [1.29, 1.82) is 0 Å². The monoisotopic (exact) mass is 418 g/mol. The maximum absolute atomic E-state index is 6.03. The second kappa shape index (κ2) is 10.1. The molecule has 1 aromatic heterocycles. The van der Waals surface area contributed by atoms with Crippen molar-refractivity contribution in [1.82, 2.24) is 9.88 Å². The van der Waals surface area contributed by atoms with Gasteiger partial charge in [0, 0.05) is 11.9 Å². The highest BCUT2D eigenvalue weighted by atomic mass is 35.5. The van der Waals surface area contributed by atoms with Crippen LogP contribution in [0.25, 0.3) is 10.9 Å². The van der Waals surface area contributed by atoms with E-state index >= 15 is 0 Å². The highest BCUT2D eigenvalue weighted by Gasteiger charge is 2.19. The Morgan fingerprint density at radius 1 is 1.00 bits per heavy atom. The van der Waals surface area contributed by atoms with Crippen molar-refractivity contribution in [2.75, 3.05) is 20.6 Å². The standard InChI is InChI=1S/C23H26N2O.2ClH/c1-25(2)15-17-7-8-20-14-22(12-10-19(20)13-17)26-16-21-11-9-18-5-3-4-6-23(18)24-21;;/h3-6,9-12,14,17H,7-8,13,15-16H2,1-2H3;2*1H. The fraction of sp³-hybridized carbons (Fsp3) is 0.348. The molecule has 0 N–H and O–H groups in total. The lowest BCUT2D eigenvalue weighted by molar-refractivity contribution is 0.295. The molecule has 0 saturated carbocycles. The van der Waals surface area contributed by atoms with Gasteiger partial charge in [0.25, 0.3) is 0 Å². The van der Waals surface area contributed by atoms with Crippen LogP contribution in [0.4, 0.5) is 0 Å². The first-order valence-electron chi connectivity index (χ1n) is 9.41. The highest BCUT2D eigenvalue weighted by Crippen LogP contribution is 2.29. The molecule has 0 amide bonds. The molecule has 28 heavy (non-hydrogen) atoms. The first-order chi connectivity index (χ1) is 12.7. The van der Waals surface area contributed by atoms with Crippen molar-refractivity contribution >= 4 is 35.7 Å². The van der Waals surface area contributed by atoms with Crippen LogP contribution in [-0.4, -0.2) is 30.5 Å². The first kappa shape index (κ1) is 22.5. The van der Waals surface area contributed by atoms with Crippen LogP contribution in [0.1, 0.15) is 23.2 Å². The van der Waals surface area contributed by atoms with E-state index < -0.39 is 0 Å². The smallest absolute Gasteiger partial charge is 0.130 e. The molecule has 0 spiro atoms. The number of aryl methyl sites for hydroxylation is 1. The van der Waals surface area contributed by atoms with Gasteiger partial charge in [-0.2, -0.15) is 0 Å². The van der Waals surface area contributed by atoms with E-state index in [4.69, 9.17) is 4.74 Å². The van der Waals surface area contributed by atoms with E-state index in [1.165, 1.54) is 30.5 Å². The lowest BCUT2D eigenvalue weighted by atomic mass is 9.83. The molecule has 3 nitrogen and oxygen atoms in total. The molecule has 1 aliphatic rings. The van der Waals surface area contributed by atoms with Gasteiger partial charge in [-0.05, 0) is 74.7 Å². The number of rotatable bonds is 5. The minimum Gasteiger partial charge on any atom is -0.487 e. The molecule has 0 bridgehead atoms. The predicted octanol–water partition coefficient (Wildman–Crippen LogP) is 5.32. The van der Waals surface area contributed by atoms with Crippen molar-refractivity contribution in [2.45, 2.75) is 25.9 Å². The van der Waals surface area contributed by atoms with Crippen LogP contribution < -0.4 is 4.74 Å². The number of hydrogen-bond acceptors (Lipinski definition) is 3. The van der Waals surface area contributed by atoms with Gasteiger partial charge in [-0.15, -0.1) is 24.8 Å². The number of ether oxygens (including phenoxy) is 1. The normalized spacial score (nSPS) is 15.5. The van der Waals surface area contributed by atoms with Crippen LogP contribution in [0.5, 0.6) is 5.75 Å². The molecule has 0 saturated heterocycles. The molecule has 1 unspecified atom stereocenters. The van der Waals surface area contributed by atoms with E-state index in [0.717, 1.165) is 34.7 Å². The summed E-state index contributed by atoms with van der Waals surface area (Å²) < 4.78 is 6.03. The van der Waals surface area contributed by atoms with Crippen molar-refractivity contribution < 1.29 is 4.74 Å². The maximum Gasteiger partial charge on any atom is 0.130 e. The zero-order valence-corrected chi connectivity index (χ0v) is 18.1. The average molecular weight is 419 g/mol. The summed E-state index contributed by atoms with van der Waals surface area (Å²) in [5.41, 5.74) is 4.92. The lowest BCUT2D eigenvalue weighted by Crippen LogP contribution is -2.26. The number of halogens is 2. The van der Waals surface area contributed by atoms with Crippen LogP contribution in [0.15, 0.2) is 54.6 Å². The maximum atomic E-state index is 6.03. The van der Waals surface area contributed by atoms with Gasteiger partial charge in [-0.3, -0.25) is 0 Å². The molecule has 4 rings (SSSR count). The quantitative estimate of drug-likeness (QED) is 0.560. The van der Waals surface area contributed by atoms with Crippen molar-refractivity contribution in [3.05, 3.63) is 71.4 Å². The summed E-state index contributed by atoms with van der Waals surface area (Å²) in [6.45, 7) is 1.68. The Bertz CT molecular complexity index is 914. The van der Waals surface area contributed by atoms with Gasteiger partial charge in [0.05, 0.1) is 11.2 Å². The van der Waals surface area contributed by atoms with Gasteiger partial charge in [-0.1, -0.05) is 30.3 Å². The van der Waals surface area contributed by atoms with Crippen LogP contribution in [0.3, 0.4) is 0 Å². The Morgan fingerprint density at radius 2 is 1.82 bits per heavy atom. The number of nitrogens with zero attached hydrogens (tertiary/aromatic N) is 2. The molecular weight excluding hydrogens is 391 g/mol. The largest absolute Gasteiger partial charge is 0.487 e. The molecule has 3 aromatic rings. The Morgan fingerprint density at radius 3 is 2.64 bits per heavy atom. The summed E-state index contributed by atoms with van der Waals surface area (Å²) in [5, 5.41) is 1.16. The van der Waals surface area contributed by atoms with E-state index in [2.05, 4.69) is 54.3 Å². The molecular formula is C23H28Cl2N2O. The third kappa shape index (κ3) is 5.38. The molecule has 150 valence electrons. The third-order valence-electron chi connectivity index (χ3n) is 5.17. The minimum absolute atomic E-state index is 0. The molecule has 0 aliphatic heterocycles. The number of benzene rings is 2. The predicted molar refractivity (Wildman–Crippen MR) is 121 cm³/mol. The minimum atomic E-state index is 0. The topological polar surface area (TPSA) is 25.4 Å². The molecule has 5 heteroatoms. The molecule has 1 atom stereocenters. The zero-order valence-electron chi connectivity index (χ0n) is 16.4. The van der Waals surface area contributed by atoms with Crippen LogP contribution in [0.2, 0.25) is 0 Å². The first-order valence-corrected chi connectivity index (χ1v) is 9.41. The van der Waals surface area contributed by atoms with E-state index in [0.29, 0.717) is 6.61 Å². The number of aromatic nitrogens is 1. The summed E-state index contributed by atoms with van der Waals surface area (Å²) in [4.78, 5) is 6.98. The van der Waals surface area contributed by atoms with Gasteiger partial charge in [0.2, 0.25) is 0 Å². The summed E-state index contributed by atoms with van der Waals surface area (Å²) >= 11 is 0.